The summed E-state index contributed by atoms with van der Waals surface area (Å²) < 4.78 is 42.1. The summed E-state index contributed by atoms with van der Waals surface area (Å²) in [5.41, 5.74) is 1.28. The molecule has 22 heavy (non-hydrogen) atoms. The summed E-state index contributed by atoms with van der Waals surface area (Å²) in [6.45, 7) is 1.58. The van der Waals surface area contributed by atoms with Gasteiger partial charge in [0.1, 0.15) is 5.82 Å². The van der Waals surface area contributed by atoms with Gasteiger partial charge in [0.15, 0.2) is 6.29 Å². The molecule has 3 rings (SSSR count). The van der Waals surface area contributed by atoms with Crippen molar-refractivity contribution in [1.29, 1.82) is 0 Å². The van der Waals surface area contributed by atoms with Crippen LogP contribution in [0, 0.1) is 12.7 Å². The number of benzene rings is 1. The molecule has 0 radical (unpaired) electrons. The van der Waals surface area contributed by atoms with Gasteiger partial charge in [-0.3, -0.25) is 9.59 Å². The number of rotatable bonds is 2. The Kier molecular flexibility index (Phi) is 3.20. The zero-order valence-corrected chi connectivity index (χ0v) is 11.7. The third-order valence-electron chi connectivity index (χ3n) is 3.92. The molecule has 1 aliphatic rings. The van der Waals surface area contributed by atoms with Crippen LogP contribution in [0.2, 0.25) is 0 Å². The van der Waals surface area contributed by atoms with Crippen LogP contribution in [-0.2, 0) is 6.42 Å². The first-order valence-electron chi connectivity index (χ1n) is 6.73. The number of ketones is 1. The van der Waals surface area contributed by atoms with Gasteiger partial charge < -0.3 is 4.57 Å². The van der Waals surface area contributed by atoms with Crippen LogP contribution in [0.15, 0.2) is 24.4 Å². The molecule has 0 N–H and O–H groups in total. The predicted molar refractivity (Wildman–Crippen MR) is 73.5 cm³/mol. The smallest absolute Gasteiger partial charge is 0.310 e. The fraction of sp³-hybridized carbons (Fsp3) is 0.250. The quantitative estimate of drug-likeness (QED) is 0.797. The monoisotopic (exact) mass is 307 g/mol. The number of fused-ring (bicyclic) bond motifs is 1. The summed E-state index contributed by atoms with van der Waals surface area (Å²) in [5.74, 6) is -5.18. The number of aromatic nitrogens is 1. The van der Waals surface area contributed by atoms with Gasteiger partial charge in [0, 0.05) is 29.6 Å². The number of alkyl halides is 2. The summed E-state index contributed by atoms with van der Waals surface area (Å²) in [6, 6.07) is 3.92. The lowest BCUT2D eigenvalue weighted by molar-refractivity contribution is 0.00167. The van der Waals surface area contributed by atoms with Gasteiger partial charge in [-0.25, -0.2) is 4.39 Å². The minimum atomic E-state index is -3.35. The number of Topliss-reactive ketones (excluding diaryl/α,β-unsaturated/α-hetero) is 1. The maximum atomic E-state index is 13.6. The van der Waals surface area contributed by atoms with Crippen molar-refractivity contribution in [2.75, 3.05) is 0 Å². The second kappa shape index (κ2) is 4.83. The Labute approximate surface area is 124 Å². The van der Waals surface area contributed by atoms with Gasteiger partial charge in [-0.05, 0) is 37.1 Å². The van der Waals surface area contributed by atoms with Crippen molar-refractivity contribution in [3.63, 3.8) is 0 Å². The Balaban J connectivity index is 2.18. The van der Waals surface area contributed by atoms with E-state index >= 15 is 0 Å². The lowest BCUT2D eigenvalue weighted by Crippen LogP contribution is -2.34. The lowest BCUT2D eigenvalue weighted by atomic mass is 9.91. The van der Waals surface area contributed by atoms with Gasteiger partial charge in [0.05, 0.1) is 5.56 Å². The Hall–Kier alpha value is -2.37. The summed E-state index contributed by atoms with van der Waals surface area (Å²) in [6.07, 6.45) is 1.44. The standard InChI is InChI=1S/C16H12F3NO2/c1-9-7-20(11-2-3-12(17)10(6-11)8-21)13-4-5-16(18,19)15(22)14(9)13/h2-3,6-8H,4-5H2,1H3. The fourth-order valence-electron chi connectivity index (χ4n) is 2.81. The number of aldehydes is 1. The minimum absolute atomic E-state index is 0.0215. The molecule has 0 fully saturated rings. The van der Waals surface area contributed by atoms with Crippen LogP contribution in [0.1, 0.15) is 38.4 Å². The van der Waals surface area contributed by atoms with E-state index in [2.05, 4.69) is 0 Å². The molecule has 0 aliphatic heterocycles. The maximum Gasteiger partial charge on any atom is 0.310 e. The lowest BCUT2D eigenvalue weighted by Gasteiger charge is -2.22. The van der Waals surface area contributed by atoms with Crippen molar-refractivity contribution < 1.29 is 22.8 Å². The predicted octanol–water partition coefficient (Wildman–Crippen LogP) is 3.50. The normalized spacial score (nSPS) is 16.5. The molecule has 2 aromatic rings. The van der Waals surface area contributed by atoms with Crippen LogP contribution in [-0.4, -0.2) is 22.6 Å². The molecule has 114 valence electrons. The average Bonchev–Trinajstić information content (AvgIpc) is 2.81. The molecule has 1 aliphatic carbocycles. The minimum Gasteiger partial charge on any atom is -0.320 e. The highest BCUT2D eigenvalue weighted by Crippen LogP contribution is 2.36. The van der Waals surface area contributed by atoms with Crippen LogP contribution in [0.4, 0.5) is 13.2 Å². The molecule has 0 spiro atoms. The average molecular weight is 307 g/mol. The molecular formula is C16H12F3NO2. The van der Waals surface area contributed by atoms with Crippen LogP contribution in [0.25, 0.3) is 5.69 Å². The van der Waals surface area contributed by atoms with Crippen LogP contribution < -0.4 is 0 Å². The molecule has 0 unspecified atom stereocenters. The zero-order chi connectivity index (χ0) is 16.1. The van der Waals surface area contributed by atoms with Crippen LogP contribution >= 0.6 is 0 Å². The van der Waals surface area contributed by atoms with E-state index in [0.29, 0.717) is 23.2 Å². The van der Waals surface area contributed by atoms with Gasteiger partial charge >= 0.3 is 5.92 Å². The van der Waals surface area contributed by atoms with Gasteiger partial charge in [-0.15, -0.1) is 0 Å². The fourth-order valence-corrected chi connectivity index (χ4v) is 2.81. The number of carbonyl (C=O) groups excluding carboxylic acids is 2. The number of aryl methyl sites for hydroxylation is 1. The largest absolute Gasteiger partial charge is 0.320 e. The van der Waals surface area contributed by atoms with Crippen molar-refractivity contribution in [3.05, 3.63) is 52.6 Å². The van der Waals surface area contributed by atoms with Crippen molar-refractivity contribution in [1.82, 2.24) is 4.57 Å². The first-order valence-corrected chi connectivity index (χ1v) is 6.73. The number of hydrogen-bond acceptors (Lipinski definition) is 2. The van der Waals surface area contributed by atoms with E-state index in [0.717, 1.165) is 6.07 Å². The maximum absolute atomic E-state index is 13.6. The van der Waals surface area contributed by atoms with Crippen molar-refractivity contribution in [3.8, 4) is 5.69 Å². The van der Waals surface area contributed by atoms with E-state index in [-0.39, 0.29) is 17.5 Å². The number of carbonyl (C=O) groups is 2. The first-order chi connectivity index (χ1) is 10.3. The molecule has 1 aromatic carbocycles. The van der Waals surface area contributed by atoms with E-state index in [1.807, 2.05) is 0 Å². The number of nitrogens with zero attached hydrogens (tertiary/aromatic N) is 1. The van der Waals surface area contributed by atoms with Gasteiger partial charge in [0.2, 0.25) is 5.78 Å². The van der Waals surface area contributed by atoms with E-state index in [4.69, 9.17) is 0 Å². The first kappa shape index (κ1) is 14.6. The van der Waals surface area contributed by atoms with Crippen molar-refractivity contribution >= 4 is 12.1 Å². The molecule has 3 nitrogen and oxygen atoms in total. The van der Waals surface area contributed by atoms with E-state index in [1.165, 1.54) is 12.1 Å². The molecule has 6 heteroatoms. The SMILES string of the molecule is Cc1cn(-c2ccc(F)c(C=O)c2)c2c1C(=O)C(F)(F)CC2. The van der Waals surface area contributed by atoms with Gasteiger partial charge in [-0.2, -0.15) is 8.78 Å². The molecule has 0 saturated carbocycles. The number of hydrogen-bond donors (Lipinski definition) is 0. The van der Waals surface area contributed by atoms with Crippen molar-refractivity contribution in [2.45, 2.75) is 25.7 Å². The van der Waals surface area contributed by atoms with Crippen LogP contribution in [0.5, 0.6) is 0 Å². The molecule has 0 bridgehead atoms. The number of halogens is 3. The topological polar surface area (TPSA) is 39.1 Å². The third-order valence-corrected chi connectivity index (χ3v) is 3.92. The highest BCUT2D eigenvalue weighted by atomic mass is 19.3. The van der Waals surface area contributed by atoms with Crippen molar-refractivity contribution in [2.24, 2.45) is 0 Å². The van der Waals surface area contributed by atoms with Gasteiger partial charge in [-0.1, -0.05) is 0 Å². The summed E-state index contributed by atoms with van der Waals surface area (Å²) in [7, 11) is 0. The summed E-state index contributed by atoms with van der Waals surface area (Å²) in [4.78, 5) is 22.7. The van der Waals surface area contributed by atoms with Crippen LogP contribution in [0.3, 0.4) is 0 Å². The Morgan fingerprint density at radius 1 is 1.32 bits per heavy atom. The highest BCUT2D eigenvalue weighted by Gasteiger charge is 2.45. The van der Waals surface area contributed by atoms with Gasteiger partial charge in [0.25, 0.3) is 0 Å². The Morgan fingerprint density at radius 3 is 2.73 bits per heavy atom. The van der Waals surface area contributed by atoms with E-state index in [9.17, 15) is 22.8 Å². The molecule has 0 saturated heterocycles. The Morgan fingerprint density at radius 2 is 2.05 bits per heavy atom. The van der Waals surface area contributed by atoms with E-state index in [1.54, 1.807) is 17.7 Å². The summed E-state index contributed by atoms with van der Waals surface area (Å²) >= 11 is 0. The zero-order valence-electron chi connectivity index (χ0n) is 11.7. The third kappa shape index (κ3) is 2.06. The molecule has 1 aromatic heterocycles. The molecular weight excluding hydrogens is 295 g/mol. The second-order valence-corrected chi connectivity index (χ2v) is 5.36. The Bertz CT molecular complexity index is 793. The summed E-state index contributed by atoms with van der Waals surface area (Å²) in [5, 5.41) is 0. The second-order valence-electron chi connectivity index (χ2n) is 5.36. The molecule has 0 atom stereocenters. The van der Waals surface area contributed by atoms with E-state index < -0.39 is 23.9 Å². The molecule has 1 heterocycles. The highest BCUT2D eigenvalue weighted by molar-refractivity contribution is 6.04. The molecule has 0 amide bonds.